The van der Waals surface area contributed by atoms with E-state index in [0.29, 0.717) is 21.3 Å². The molecule has 0 bridgehead atoms. The SMILES string of the molecule is Cc1c(Cl)ncc(C#N)c1Cl. The van der Waals surface area contributed by atoms with E-state index in [1.165, 1.54) is 6.20 Å². The molecular formula is C7H4Cl2N2. The number of pyridine rings is 1. The Morgan fingerprint density at radius 3 is 2.73 bits per heavy atom. The maximum atomic E-state index is 8.52. The van der Waals surface area contributed by atoms with Crippen LogP contribution in [0.25, 0.3) is 0 Å². The largest absolute Gasteiger partial charge is 0.243 e. The average molecular weight is 187 g/mol. The van der Waals surface area contributed by atoms with Crippen molar-refractivity contribution in [1.82, 2.24) is 4.98 Å². The van der Waals surface area contributed by atoms with Crippen LogP contribution in [0.4, 0.5) is 0 Å². The molecule has 0 aliphatic carbocycles. The van der Waals surface area contributed by atoms with Gasteiger partial charge in [-0.05, 0) is 6.92 Å². The zero-order valence-electron chi connectivity index (χ0n) is 5.73. The monoisotopic (exact) mass is 186 g/mol. The van der Waals surface area contributed by atoms with Crippen LogP contribution < -0.4 is 0 Å². The summed E-state index contributed by atoms with van der Waals surface area (Å²) in [5, 5.41) is 9.24. The molecule has 1 heterocycles. The van der Waals surface area contributed by atoms with Gasteiger partial charge in [0.25, 0.3) is 0 Å². The highest BCUT2D eigenvalue weighted by atomic mass is 35.5. The van der Waals surface area contributed by atoms with E-state index in [2.05, 4.69) is 4.98 Å². The molecule has 0 N–H and O–H groups in total. The van der Waals surface area contributed by atoms with Gasteiger partial charge in [0.15, 0.2) is 0 Å². The lowest BCUT2D eigenvalue weighted by Crippen LogP contribution is -1.86. The number of rotatable bonds is 0. The van der Waals surface area contributed by atoms with Gasteiger partial charge in [-0.1, -0.05) is 23.2 Å². The first kappa shape index (κ1) is 8.32. The molecule has 1 rings (SSSR count). The molecule has 0 fully saturated rings. The molecule has 0 aliphatic heterocycles. The molecule has 0 aromatic carbocycles. The Morgan fingerprint density at radius 2 is 2.18 bits per heavy atom. The summed E-state index contributed by atoms with van der Waals surface area (Å²) in [6, 6.07) is 1.91. The third-order valence-corrected chi connectivity index (χ3v) is 2.17. The molecule has 11 heavy (non-hydrogen) atoms. The molecule has 56 valence electrons. The second-order valence-electron chi connectivity index (χ2n) is 2.01. The Labute approximate surface area is 74.4 Å². The maximum Gasteiger partial charge on any atom is 0.133 e. The Balaban J connectivity index is 3.40. The lowest BCUT2D eigenvalue weighted by Gasteiger charge is -1.99. The fraction of sp³-hybridized carbons (Fsp3) is 0.143. The van der Waals surface area contributed by atoms with E-state index >= 15 is 0 Å². The second-order valence-corrected chi connectivity index (χ2v) is 2.75. The highest BCUT2D eigenvalue weighted by Crippen LogP contribution is 2.23. The minimum Gasteiger partial charge on any atom is -0.243 e. The molecule has 0 aliphatic rings. The van der Waals surface area contributed by atoms with Crippen molar-refractivity contribution >= 4 is 23.2 Å². The fourth-order valence-corrected chi connectivity index (χ4v) is 1.02. The predicted molar refractivity (Wildman–Crippen MR) is 43.7 cm³/mol. The molecule has 0 amide bonds. The van der Waals surface area contributed by atoms with E-state index in [4.69, 9.17) is 28.5 Å². The first-order valence-corrected chi connectivity index (χ1v) is 3.63. The minimum atomic E-state index is 0.342. The average Bonchev–Trinajstić information content (AvgIpc) is 2.01. The van der Waals surface area contributed by atoms with Crippen molar-refractivity contribution in [3.05, 3.63) is 27.5 Å². The summed E-state index contributed by atoms with van der Waals surface area (Å²) >= 11 is 11.4. The number of nitrogens with zero attached hydrogens (tertiary/aromatic N) is 2. The van der Waals surface area contributed by atoms with Crippen LogP contribution in [0.3, 0.4) is 0 Å². The van der Waals surface area contributed by atoms with Crippen LogP contribution in [-0.4, -0.2) is 4.98 Å². The molecule has 0 unspecified atom stereocenters. The van der Waals surface area contributed by atoms with Gasteiger partial charge in [-0.25, -0.2) is 4.98 Å². The number of hydrogen-bond donors (Lipinski definition) is 0. The zero-order chi connectivity index (χ0) is 8.43. The van der Waals surface area contributed by atoms with Crippen LogP contribution >= 0.6 is 23.2 Å². The van der Waals surface area contributed by atoms with Gasteiger partial charge in [0.1, 0.15) is 11.2 Å². The summed E-state index contributed by atoms with van der Waals surface area (Å²) in [6.45, 7) is 1.72. The number of halogens is 2. The molecule has 0 saturated carbocycles. The van der Waals surface area contributed by atoms with Crippen LogP contribution in [0.15, 0.2) is 6.20 Å². The molecule has 0 saturated heterocycles. The Hall–Kier alpha value is -0.780. The summed E-state index contributed by atoms with van der Waals surface area (Å²) in [5.41, 5.74) is 1.00. The normalized spacial score (nSPS) is 9.27. The lowest BCUT2D eigenvalue weighted by atomic mass is 10.2. The van der Waals surface area contributed by atoms with E-state index in [-0.39, 0.29) is 0 Å². The first-order valence-electron chi connectivity index (χ1n) is 2.87. The molecule has 0 atom stereocenters. The predicted octanol–water partition coefficient (Wildman–Crippen LogP) is 2.57. The van der Waals surface area contributed by atoms with E-state index < -0.39 is 0 Å². The number of nitriles is 1. The van der Waals surface area contributed by atoms with Crippen molar-refractivity contribution in [2.24, 2.45) is 0 Å². The molecule has 4 heteroatoms. The highest BCUT2D eigenvalue weighted by Gasteiger charge is 2.06. The van der Waals surface area contributed by atoms with Crippen LogP contribution in [0, 0.1) is 18.3 Å². The third kappa shape index (κ3) is 1.45. The third-order valence-electron chi connectivity index (χ3n) is 1.30. The van der Waals surface area contributed by atoms with E-state index in [0.717, 1.165) is 0 Å². The van der Waals surface area contributed by atoms with Crippen molar-refractivity contribution in [3.63, 3.8) is 0 Å². The van der Waals surface area contributed by atoms with E-state index in [9.17, 15) is 0 Å². The summed E-state index contributed by atoms with van der Waals surface area (Å²) in [6.07, 6.45) is 1.36. The second kappa shape index (κ2) is 3.08. The van der Waals surface area contributed by atoms with Gasteiger partial charge in [0.05, 0.1) is 10.6 Å². The lowest BCUT2D eigenvalue weighted by molar-refractivity contribution is 1.25. The summed E-state index contributed by atoms with van der Waals surface area (Å²) in [7, 11) is 0. The molecule has 1 aromatic rings. The van der Waals surface area contributed by atoms with Crippen molar-refractivity contribution < 1.29 is 0 Å². The van der Waals surface area contributed by atoms with Crippen LogP contribution in [-0.2, 0) is 0 Å². The van der Waals surface area contributed by atoms with Crippen molar-refractivity contribution in [2.75, 3.05) is 0 Å². The topological polar surface area (TPSA) is 36.7 Å². The highest BCUT2D eigenvalue weighted by molar-refractivity contribution is 6.35. The number of hydrogen-bond acceptors (Lipinski definition) is 2. The van der Waals surface area contributed by atoms with Crippen molar-refractivity contribution in [1.29, 1.82) is 5.26 Å². The van der Waals surface area contributed by atoms with Gasteiger partial charge < -0.3 is 0 Å². The first-order chi connectivity index (χ1) is 5.16. The standard InChI is InChI=1S/C7H4Cl2N2/c1-4-6(8)5(2-10)3-11-7(4)9/h3H,1H3. The van der Waals surface area contributed by atoms with Crippen molar-refractivity contribution in [2.45, 2.75) is 6.92 Å². The molecule has 0 radical (unpaired) electrons. The number of aromatic nitrogens is 1. The van der Waals surface area contributed by atoms with Gasteiger partial charge >= 0.3 is 0 Å². The van der Waals surface area contributed by atoms with Gasteiger partial charge in [0.2, 0.25) is 0 Å². The van der Waals surface area contributed by atoms with Gasteiger partial charge in [-0.15, -0.1) is 0 Å². The Kier molecular flexibility index (Phi) is 2.33. The zero-order valence-corrected chi connectivity index (χ0v) is 7.24. The van der Waals surface area contributed by atoms with Crippen LogP contribution in [0.1, 0.15) is 11.1 Å². The summed E-state index contributed by atoms with van der Waals surface area (Å²) in [5.74, 6) is 0. The molecule has 2 nitrogen and oxygen atoms in total. The smallest absolute Gasteiger partial charge is 0.133 e. The summed E-state index contributed by atoms with van der Waals surface area (Å²) < 4.78 is 0. The minimum absolute atomic E-state index is 0.342. The Morgan fingerprint density at radius 1 is 1.55 bits per heavy atom. The fourth-order valence-electron chi connectivity index (χ4n) is 0.645. The quantitative estimate of drug-likeness (QED) is 0.585. The van der Waals surface area contributed by atoms with Crippen molar-refractivity contribution in [3.8, 4) is 6.07 Å². The molecule has 0 spiro atoms. The van der Waals surface area contributed by atoms with Crippen LogP contribution in [0.5, 0.6) is 0 Å². The Bertz CT molecular complexity index is 328. The van der Waals surface area contributed by atoms with E-state index in [1.54, 1.807) is 6.92 Å². The van der Waals surface area contributed by atoms with Gasteiger partial charge in [-0.3, -0.25) is 0 Å². The van der Waals surface area contributed by atoms with Gasteiger partial charge in [-0.2, -0.15) is 5.26 Å². The molecular weight excluding hydrogens is 183 g/mol. The van der Waals surface area contributed by atoms with Gasteiger partial charge in [0, 0.05) is 11.8 Å². The van der Waals surface area contributed by atoms with Crippen LogP contribution in [0.2, 0.25) is 10.2 Å². The van der Waals surface area contributed by atoms with E-state index in [1.807, 2.05) is 6.07 Å². The molecule has 1 aromatic heterocycles. The maximum absolute atomic E-state index is 8.52. The summed E-state index contributed by atoms with van der Waals surface area (Å²) in [4.78, 5) is 3.77.